The van der Waals surface area contributed by atoms with E-state index in [0.29, 0.717) is 0 Å². The molecule has 0 spiro atoms. The van der Waals surface area contributed by atoms with Gasteiger partial charge in [0.2, 0.25) is 0 Å². The Morgan fingerprint density at radius 3 is 2.44 bits per heavy atom. The molecule has 54 valence electrons. The van der Waals surface area contributed by atoms with E-state index >= 15 is 0 Å². The van der Waals surface area contributed by atoms with Crippen molar-refractivity contribution in [2.75, 3.05) is 13.7 Å². The minimum atomic E-state index is -0.924. The molecule has 0 fully saturated rings. The summed E-state index contributed by atoms with van der Waals surface area (Å²) in [6.07, 6.45) is 0.256. The van der Waals surface area contributed by atoms with Crippen LogP contribution in [0.5, 0.6) is 0 Å². The number of hydrogen-bond donors (Lipinski definition) is 3. The third-order valence-electron chi connectivity index (χ3n) is 1.06. The summed E-state index contributed by atoms with van der Waals surface area (Å²) < 4.78 is 0. The molecule has 0 aromatic carbocycles. The number of carboxylic acid groups (broad SMARTS) is 1. The van der Waals surface area contributed by atoms with E-state index in [4.69, 9.17) is 10.2 Å². The Labute approximate surface area is 53.5 Å². The molecule has 1 atom stereocenters. The smallest absolute Gasteiger partial charge is 0.320 e. The van der Waals surface area contributed by atoms with Crippen molar-refractivity contribution in [3.63, 3.8) is 0 Å². The second kappa shape index (κ2) is 4.29. The molecule has 0 rings (SSSR count). The van der Waals surface area contributed by atoms with Gasteiger partial charge >= 0.3 is 5.97 Å². The quantitative estimate of drug-likeness (QED) is 0.462. The van der Waals surface area contributed by atoms with E-state index in [1.807, 2.05) is 0 Å². The maximum Gasteiger partial charge on any atom is 0.320 e. The molecule has 4 heteroatoms. The van der Waals surface area contributed by atoms with Crippen molar-refractivity contribution in [1.29, 1.82) is 0 Å². The normalized spacial score (nSPS) is 13.1. The van der Waals surface area contributed by atoms with Gasteiger partial charge < -0.3 is 15.5 Å². The Balaban J connectivity index is 3.54. The standard InChI is InChI=1S/C5H11NO3/c1-6-4(2-3-7)5(8)9/h4,6-7H,2-3H2,1H3,(H,8,9)/t4-/m1/s1. The third-order valence-corrected chi connectivity index (χ3v) is 1.06. The van der Waals surface area contributed by atoms with Crippen molar-refractivity contribution in [1.82, 2.24) is 5.32 Å². The minimum absolute atomic E-state index is 0.0994. The first kappa shape index (κ1) is 8.39. The highest BCUT2D eigenvalue weighted by Crippen LogP contribution is 1.87. The van der Waals surface area contributed by atoms with E-state index < -0.39 is 12.0 Å². The van der Waals surface area contributed by atoms with Crippen LogP contribution in [0, 0.1) is 0 Å². The van der Waals surface area contributed by atoms with Crippen molar-refractivity contribution >= 4 is 5.97 Å². The van der Waals surface area contributed by atoms with Gasteiger partial charge in [-0.3, -0.25) is 4.79 Å². The molecule has 0 saturated carbocycles. The van der Waals surface area contributed by atoms with E-state index in [-0.39, 0.29) is 13.0 Å². The molecule has 0 aliphatic carbocycles. The van der Waals surface area contributed by atoms with Gasteiger partial charge in [0.05, 0.1) is 0 Å². The summed E-state index contributed by atoms with van der Waals surface area (Å²) in [5.41, 5.74) is 0. The van der Waals surface area contributed by atoms with E-state index in [9.17, 15) is 4.79 Å². The SMILES string of the molecule is CN[C@H](CCO)C(=O)O. The second-order valence-corrected chi connectivity index (χ2v) is 1.69. The number of aliphatic hydroxyl groups excluding tert-OH is 1. The van der Waals surface area contributed by atoms with Crippen LogP contribution in [0.1, 0.15) is 6.42 Å². The highest BCUT2D eigenvalue weighted by molar-refractivity contribution is 5.73. The summed E-state index contributed by atoms with van der Waals surface area (Å²) in [6.45, 7) is -0.0994. The van der Waals surface area contributed by atoms with Crippen LogP contribution in [0.3, 0.4) is 0 Å². The zero-order valence-corrected chi connectivity index (χ0v) is 5.29. The lowest BCUT2D eigenvalue weighted by atomic mass is 10.2. The molecule has 0 aliphatic rings. The summed E-state index contributed by atoms with van der Waals surface area (Å²) >= 11 is 0. The van der Waals surface area contributed by atoms with Gasteiger partial charge in [0.1, 0.15) is 6.04 Å². The maximum absolute atomic E-state index is 10.1. The Bertz CT molecular complexity index is 94.2. The number of hydrogen-bond acceptors (Lipinski definition) is 3. The van der Waals surface area contributed by atoms with Gasteiger partial charge in [-0.2, -0.15) is 0 Å². The minimum Gasteiger partial charge on any atom is -0.480 e. The van der Waals surface area contributed by atoms with Gasteiger partial charge in [-0.05, 0) is 13.5 Å². The molecule has 0 aromatic rings. The highest BCUT2D eigenvalue weighted by atomic mass is 16.4. The first-order valence-electron chi connectivity index (χ1n) is 2.73. The lowest BCUT2D eigenvalue weighted by Gasteiger charge is -2.07. The average molecular weight is 133 g/mol. The molecule has 0 unspecified atom stereocenters. The van der Waals surface area contributed by atoms with Gasteiger partial charge in [-0.15, -0.1) is 0 Å². The fraction of sp³-hybridized carbons (Fsp3) is 0.800. The van der Waals surface area contributed by atoms with E-state index in [0.717, 1.165) is 0 Å². The van der Waals surface area contributed by atoms with Crippen LogP contribution in [-0.2, 0) is 4.79 Å². The largest absolute Gasteiger partial charge is 0.480 e. The van der Waals surface area contributed by atoms with Gasteiger partial charge in [-0.25, -0.2) is 0 Å². The zero-order valence-electron chi connectivity index (χ0n) is 5.29. The lowest BCUT2D eigenvalue weighted by Crippen LogP contribution is -2.34. The number of rotatable bonds is 4. The van der Waals surface area contributed by atoms with Crippen molar-refractivity contribution in [2.24, 2.45) is 0 Å². The molecule has 0 bridgehead atoms. The zero-order chi connectivity index (χ0) is 7.28. The molecule has 0 aliphatic heterocycles. The third kappa shape index (κ3) is 3.05. The molecule has 9 heavy (non-hydrogen) atoms. The molecular formula is C5H11NO3. The van der Waals surface area contributed by atoms with E-state index in [1.165, 1.54) is 0 Å². The Kier molecular flexibility index (Phi) is 4.00. The maximum atomic E-state index is 10.1. The van der Waals surface area contributed by atoms with Crippen LogP contribution in [0.2, 0.25) is 0 Å². The first-order chi connectivity index (χ1) is 4.22. The molecule has 0 amide bonds. The molecule has 0 heterocycles. The number of carbonyl (C=O) groups is 1. The van der Waals surface area contributed by atoms with Crippen molar-refractivity contribution in [2.45, 2.75) is 12.5 Å². The fourth-order valence-corrected chi connectivity index (χ4v) is 0.520. The van der Waals surface area contributed by atoms with Crippen LogP contribution in [-0.4, -0.2) is 35.9 Å². The molecular weight excluding hydrogens is 122 g/mol. The monoisotopic (exact) mass is 133 g/mol. The van der Waals surface area contributed by atoms with Crippen LogP contribution < -0.4 is 5.32 Å². The molecule has 0 saturated heterocycles. The van der Waals surface area contributed by atoms with Crippen LogP contribution in [0.25, 0.3) is 0 Å². The molecule has 0 aromatic heterocycles. The fourth-order valence-electron chi connectivity index (χ4n) is 0.520. The molecule has 3 N–H and O–H groups in total. The summed E-state index contributed by atoms with van der Waals surface area (Å²) in [5, 5.41) is 19.2. The first-order valence-corrected chi connectivity index (χ1v) is 2.73. The average Bonchev–Trinajstić information content (AvgIpc) is 1.82. The van der Waals surface area contributed by atoms with Crippen molar-refractivity contribution in [3.05, 3.63) is 0 Å². The summed E-state index contributed by atoms with van der Waals surface area (Å²) in [7, 11) is 1.55. The summed E-state index contributed by atoms with van der Waals surface area (Å²) in [5.74, 6) is -0.924. The number of aliphatic hydroxyl groups is 1. The van der Waals surface area contributed by atoms with E-state index in [1.54, 1.807) is 7.05 Å². The molecule has 4 nitrogen and oxygen atoms in total. The Morgan fingerprint density at radius 1 is 1.78 bits per heavy atom. The van der Waals surface area contributed by atoms with Crippen LogP contribution in [0.4, 0.5) is 0 Å². The number of aliphatic carboxylic acids is 1. The Hall–Kier alpha value is -0.610. The second-order valence-electron chi connectivity index (χ2n) is 1.69. The Morgan fingerprint density at radius 2 is 2.33 bits per heavy atom. The van der Waals surface area contributed by atoms with Gasteiger partial charge in [-0.1, -0.05) is 0 Å². The highest BCUT2D eigenvalue weighted by Gasteiger charge is 2.12. The lowest BCUT2D eigenvalue weighted by molar-refractivity contribution is -0.139. The van der Waals surface area contributed by atoms with Crippen molar-refractivity contribution in [3.8, 4) is 0 Å². The number of likely N-dealkylation sites (N-methyl/N-ethyl adjacent to an activating group) is 1. The number of carboxylic acids is 1. The predicted molar refractivity (Wildman–Crippen MR) is 32.2 cm³/mol. The van der Waals surface area contributed by atoms with Crippen molar-refractivity contribution < 1.29 is 15.0 Å². The van der Waals surface area contributed by atoms with E-state index in [2.05, 4.69) is 5.32 Å². The van der Waals surface area contributed by atoms with Gasteiger partial charge in [0.25, 0.3) is 0 Å². The van der Waals surface area contributed by atoms with Crippen LogP contribution >= 0.6 is 0 Å². The van der Waals surface area contributed by atoms with Gasteiger partial charge in [0, 0.05) is 6.61 Å². The number of nitrogens with one attached hydrogen (secondary N) is 1. The molecule has 0 radical (unpaired) electrons. The topological polar surface area (TPSA) is 69.6 Å². The summed E-state index contributed by atoms with van der Waals surface area (Å²) in [6, 6.07) is -0.616. The van der Waals surface area contributed by atoms with Crippen LogP contribution in [0.15, 0.2) is 0 Å². The van der Waals surface area contributed by atoms with Gasteiger partial charge in [0.15, 0.2) is 0 Å². The predicted octanol–water partition coefficient (Wildman–Crippen LogP) is -0.959. The summed E-state index contributed by atoms with van der Waals surface area (Å²) in [4.78, 5) is 10.1.